The second-order valence-electron chi connectivity index (χ2n) is 28.1. The molecule has 0 aromatic heterocycles. The summed E-state index contributed by atoms with van der Waals surface area (Å²) in [5.74, 6) is 1.90. The van der Waals surface area contributed by atoms with Gasteiger partial charge in [-0.25, -0.2) is 9.59 Å². The van der Waals surface area contributed by atoms with Gasteiger partial charge in [0.15, 0.2) is 0 Å². The number of carbonyl (C=O) groups is 6. The van der Waals surface area contributed by atoms with Crippen molar-refractivity contribution in [3.05, 3.63) is 311 Å². The number of aliphatic carboxylic acids is 1. The predicted octanol–water partition coefficient (Wildman–Crippen LogP) is 5.79. The Morgan fingerprint density at radius 3 is 1.21 bits per heavy atom. The van der Waals surface area contributed by atoms with Gasteiger partial charge in [-0.3, -0.25) is 19.2 Å². The van der Waals surface area contributed by atoms with Gasteiger partial charge in [-0.2, -0.15) is 0 Å². The summed E-state index contributed by atoms with van der Waals surface area (Å²) in [6.45, 7) is 10.7. The molecule has 0 aliphatic carbocycles. The van der Waals surface area contributed by atoms with E-state index in [0.29, 0.717) is 110 Å². The van der Waals surface area contributed by atoms with Crippen LogP contribution in [-0.2, 0) is 122 Å². The van der Waals surface area contributed by atoms with Gasteiger partial charge in [0.2, 0.25) is 0 Å². The zero-order valence-corrected chi connectivity index (χ0v) is 88.5. The zero-order valence-electron chi connectivity index (χ0n) is 74.3. The minimum atomic E-state index is -3.37. The van der Waals surface area contributed by atoms with Gasteiger partial charge >= 0.3 is 176 Å². The maximum absolute atomic E-state index is 13.1. The van der Waals surface area contributed by atoms with E-state index in [9.17, 15) is 33.9 Å². The Labute approximate surface area is 890 Å². The molecule has 0 amide bonds. The normalized spacial score (nSPS) is 11.2. The van der Waals surface area contributed by atoms with Crippen LogP contribution in [0.4, 0.5) is 0 Å². The van der Waals surface area contributed by atoms with Crippen LogP contribution < -0.4 is 136 Å². The number of aromatic hydroxyl groups is 1. The summed E-state index contributed by atoms with van der Waals surface area (Å²) in [6.07, 6.45) is 3.44. The van der Waals surface area contributed by atoms with E-state index in [4.69, 9.17) is 99.2 Å². The number of carbonyl (C=O) groups excluding carboxylic acids is 5. The Kier molecular flexibility index (Phi) is 56.4. The van der Waals surface area contributed by atoms with Crippen LogP contribution in [0.2, 0.25) is 0 Å². The number of carboxylic acid groups (broad SMARTS) is 1. The molecule has 0 radical (unpaired) electrons. The second-order valence-corrected chi connectivity index (χ2v) is 30.3. The molecule has 15 rings (SSSR count). The molecule has 4 heterocycles. The number of ether oxygens (including phenoxy) is 10. The van der Waals surface area contributed by atoms with E-state index in [1.54, 1.807) is 130 Å². The molecule has 11 aromatic carbocycles. The van der Waals surface area contributed by atoms with Crippen LogP contribution in [0.25, 0.3) is 22.3 Å². The van der Waals surface area contributed by atoms with Crippen LogP contribution >= 0.6 is 52.5 Å². The fourth-order valence-electron chi connectivity index (χ4n) is 13.4. The average Bonchev–Trinajstić information content (AvgIpc) is 1.54. The predicted molar refractivity (Wildman–Crippen MR) is 497 cm³/mol. The van der Waals surface area contributed by atoms with Crippen molar-refractivity contribution in [3.63, 3.8) is 0 Å². The smallest absolute Gasteiger partial charge is 0.870 e. The van der Waals surface area contributed by atoms with Crippen LogP contribution in [0.1, 0.15) is 114 Å². The van der Waals surface area contributed by atoms with Crippen LogP contribution in [0.5, 0.6) is 46.0 Å². The van der Waals surface area contributed by atoms with Gasteiger partial charge in [0.05, 0.1) is 98.6 Å². The number of esters is 5. The molecule has 0 spiro atoms. The molecule has 4 aliphatic rings. The first-order valence-corrected chi connectivity index (χ1v) is 59.9. The summed E-state index contributed by atoms with van der Waals surface area (Å²) in [5.41, 5.74) is 33.4. The van der Waals surface area contributed by atoms with Crippen molar-refractivity contribution >= 4 is 164 Å². The van der Waals surface area contributed by atoms with Crippen molar-refractivity contribution in [2.75, 3.05) is 46.2 Å². The van der Waals surface area contributed by atoms with Crippen molar-refractivity contribution < 1.29 is 192 Å². The Morgan fingerprint density at radius 2 is 0.811 bits per heavy atom. The SMILES string of the molecule is CCOC(=O)Cc1ccccc1O.CCOC(=O)Cc1ccccc1OC(=O)c1cc2c(c(-c3cccc(CN)c3)c1)OCC2.CCOC(=O)Cc1ccccc1OCc1cc(Br)c2c(c1)CCO2.Cl.NCc1cccc(-c2cc(C(=O)Oc3ccccc3CC(=O)O)cc3c2OCC3)c1.NCc1cccc(B(O)O)c1.O=[P+]([O-])[O-].OCc1cc(Br)c2c(c1)CCO2.[K+].[K][K].[Li+].[OH-]. The quantitative estimate of drug-likeness (QED) is 0.0110. The van der Waals surface area contributed by atoms with Gasteiger partial charge < -0.3 is 105 Å². The van der Waals surface area contributed by atoms with Gasteiger partial charge in [-0.1, -0.05) is 138 Å². The van der Waals surface area contributed by atoms with E-state index >= 15 is 0 Å². The van der Waals surface area contributed by atoms with Crippen LogP contribution in [0.3, 0.4) is 0 Å². The summed E-state index contributed by atoms with van der Waals surface area (Å²) < 4.78 is 65.1. The first-order valence-electron chi connectivity index (χ1n) is 41.2. The molecule has 676 valence electrons. The number of phenolic OH excluding ortho intramolecular Hbond substituents is 1. The van der Waals surface area contributed by atoms with Crippen molar-refractivity contribution in [2.24, 2.45) is 17.2 Å². The number of para-hydroxylation sites is 4. The minimum Gasteiger partial charge on any atom is -0.870 e. The second kappa shape index (κ2) is 63.2. The maximum atomic E-state index is 13.1. The van der Waals surface area contributed by atoms with E-state index in [2.05, 4.69) is 37.9 Å². The van der Waals surface area contributed by atoms with Crippen molar-refractivity contribution in [3.8, 4) is 68.2 Å². The summed E-state index contributed by atoms with van der Waals surface area (Å²) in [7, 11) is -4.77. The van der Waals surface area contributed by atoms with Crippen LogP contribution in [0, 0.1) is 0 Å². The number of nitrogens with two attached hydrogens (primary N) is 3. The number of hydrogen-bond acceptors (Lipinski definition) is 27. The molecule has 0 fully saturated rings. The molecule has 12 N–H and O–H groups in total. The van der Waals surface area contributed by atoms with Crippen molar-refractivity contribution in [1.82, 2.24) is 0 Å². The van der Waals surface area contributed by atoms with Gasteiger partial charge in [0.1, 0.15) is 52.6 Å². The van der Waals surface area contributed by atoms with E-state index in [-0.39, 0.29) is 150 Å². The van der Waals surface area contributed by atoms with Crippen molar-refractivity contribution in [2.45, 2.75) is 105 Å². The first-order chi connectivity index (χ1) is 61.8. The topological polar surface area (TPSA) is 467 Å². The van der Waals surface area contributed by atoms with Crippen molar-refractivity contribution in [1.29, 1.82) is 0 Å². The molecule has 132 heavy (non-hydrogen) atoms. The number of benzene rings is 11. The third-order valence-electron chi connectivity index (χ3n) is 19.2. The van der Waals surface area contributed by atoms with E-state index in [0.717, 1.165) is 131 Å². The van der Waals surface area contributed by atoms with Gasteiger partial charge in [-0.05, 0) is 204 Å². The Bertz CT molecular complexity index is 5640. The number of aliphatic hydroxyl groups is 1. The minimum absolute atomic E-state index is 0. The van der Waals surface area contributed by atoms with Crippen LogP contribution in [-0.4, -0.2) is 183 Å². The molecular formula is C95H98BBr2ClK3LiN3O25P. The third kappa shape index (κ3) is 37.8. The number of phenols is 1. The number of aliphatic hydroxyl groups excluding tert-OH is 1. The third-order valence-corrected chi connectivity index (χ3v) is 20.4. The number of halogens is 3. The fourth-order valence-corrected chi connectivity index (χ4v) is 14.7. The molecule has 0 unspecified atom stereocenters. The molecule has 0 saturated carbocycles. The van der Waals surface area contributed by atoms with Gasteiger partial charge in [-0.15, -0.1) is 12.4 Å². The molecular weight excluding hydrogens is 1940 g/mol. The molecule has 0 atom stereocenters. The average molecular weight is 2040 g/mol. The molecule has 37 heteroatoms. The van der Waals surface area contributed by atoms with E-state index < -0.39 is 33.3 Å². The summed E-state index contributed by atoms with van der Waals surface area (Å²) in [5, 5.41) is 44.9. The van der Waals surface area contributed by atoms with Crippen LogP contribution in [0.15, 0.2) is 227 Å². The first kappa shape index (κ1) is 118. The Hall–Kier alpha value is -6.40. The Morgan fingerprint density at radius 1 is 0.462 bits per heavy atom. The Balaban J connectivity index is 0.000000339. The molecule has 0 saturated heterocycles. The largest absolute Gasteiger partial charge is 1.00 e. The van der Waals surface area contributed by atoms with E-state index in [1.807, 2.05) is 103 Å². The van der Waals surface area contributed by atoms with E-state index in [1.165, 1.54) is 74.3 Å². The monoisotopic (exact) mass is 2040 g/mol. The molecule has 0 bridgehead atoms. The number of fused-ring (bicyclic) bond motifs is 4. The zero-order chi connectivity index (χ0) is 92.6. The molecule has 11 aromatic rings. The summed E-state index contributed by atoms with van der Waals surface area (Å²) >= 11 is 9.45. The fraction of sp³-hybridized carbons (Fsp3) is 0.242. The summed E-state index contributed by atoms with van der Waals surface area (Å²) in [4.78, 5) is 88.7. The molecule has 4 aliphatic heterocycles. The maximum Gasteiger partial charge on any atom is 1.00 e. The van der Waals surface area contributed by atoms with Gasteiger partial charge in [0.25, 0.3) is 8.25 Å². The number of rotatable bonds is 25. The number of hydrogen-bond donors (Lipinski definition) is 8. The molecule has 28 nitrogen and oxygen atoms in total. The standard InChI is InChI=1S/C26H25NO5.C24H21NO5.C19H19BrO4.C10H12O3.C9H9BrO2.C7H10BNO2.ClH.3K.Li.HO3P.H2O/c1-2-30-24(28)15-19-7-3-4-9-23(19)32-26(29)21-13-20-10-11-31-25(20)22(14-21)18-8-5-6-17(12-18)16-27;25-14-15-4-3-6-16(10-15)20-12-19(11-18-8-9-29-23(18)20)24(28)30-21-7-2-1-5-17(21)13-22(26)27;1-2-22-18(21)11-14-5-3-4-6-17(14)24-12-13-9-15-7-8-23-19(15)16(20)10-13;1-2-13-10(12)7-8-5-3-4-6-9(8)11;10-8-4-6(5-11)3-7-1-2-12-9(7)8;9-5-6-2-1-3-7(4-6)8(10)11;;;;;;1-4(2)3;/h3-9,12-14H,2,10-11,15-16,27H2,1H3;1-7,10-12H,8-9,13-14,25H2,(H,26,27);3-6,9-10H,2,7-8,11-12H2,1H3;3-6,11H,2,7H2,1H3;3-4,11H,1-2,5H2;1-4,10-11H,5,9H2;1H;;;;;(H,1,2,3);1H2/q;;;;;;;;;2*+1;;/p-2. The van der Waals surface area contributed by atoms with Gasteiger partial charge in [0, 0.05) is 78.7 Å². The number of carboxylic acids is 1. The summed E-state index contributed by atoms with van der Waals surface area (Å²) in [6, 6.07) is 65.6.